The summed E-state index contributed by atoms with van der Waals surface area (Å²) in [5.74, 6) is 0.858. The van der Waals surface area contributed by atoms with Gasteiger partial charge in [-0.3, -0.25) is 4.68 Å². The molecule has 1 aromatic carbocycles. The summed E-state index contributed by atoms with van der Waals surface area (Å²) in [6.45, 7) is 4.66. The standard InChI is InChI=1S/C13H18N4O/c1-10(2)18-13-7-5-4-6-12(13)14-8-11-9-17(3)16-15-11/h4-7,9-10,14H,8H2,1-3H3. The van der Waals surface area contributed by atoms with Crippen LogP contribution in [-0.4, -0.2) is 21.1 Å². The maximum absolute atomic E-state index is 5.74. The van der Waals surface area contributed by atoms with Gasteiger partial charge in [-0.05, 0) is 26.0 Å². The SMILES string of the molecule is CC(C)Oc1ccccc1NCc1cn(C)nn1. The highest BCUT2D eigenvalue weighted by molar-refractivity contribution is 5.56. The molecular formula is C13H18N4O. The third kappa shape index (κ3) is 3.23. The van der Waals surface area contributed by atoms with E-state index in [1.165, 1.54) is 0 Å². The van der Waals surface area contributed by atoms with Crippen molar-refractivity contribution in [1.82, 2.24) is 15.0 Å². The first kappa shape index (κ1) is 12.4. The van der Waals surface area contributed by atoms with Crippen LogP contribution in [0.2, 0.25) is 0 Å². The molecule has 1 heterocycles. The highest BCUT2D eigenvalue weighted by Gasteiger charge is 2.05. The zero-order valence-corrected chi connectivity index (χ0v) is 10.9. The van der Waals surface area contributed by atoms with Gasteiger partial charge in [-0.1, -0.05) is 17.3 Å². The van der Waals surface area contributed by atoms with Gasteiger partial charge in [0, 0.05) is 13.2 Å². The van der Waals surface area contributed by atoms with E-state index in [0.29, 0.717) is 6.54 Å². The lowest BCUT2D eigenvalue weighted by Gasteiger charge is -2.14. The molecule has 0 saturated carbocycles. The lowest BCUT2D eigenvalue weighted by Crippen LogP contribution is -2.08. The van der Waals surface area contributed by atoms with Gasteiger partial charge in [-0.15, -0.1) is 5.10 Å². The Labute approximate surface area is 107 Å². The topological polar surface area (TPSA) is 52.0 Å². The Hall–Kier alpha value is -2.04. The van der Waals surface area contributed by atoms with Gasteiger partial charge in [-0.2, -0.15) is 0 Å². The third-order valence-electron chi connectivity index (χ3n) is 2.36. The molecular weight excluding hydrogens is 228 g/mol. The molecule has 1 N–H and O–H groups in total. The number of hydrogen-bond acceptors (Lipinski definition) is 4. The van der Waals surface area contributed by atoms with Gasteiger partial charge < -0.3 is 10.1 Å². The van der Waals surface area contributed by atoms with Crippen molar-refractivity contribution >= 4 is 5.69 Å². The van der Waals surface area contributed by atoms with Crippen LogP contribution in [0.1, 0.15) is 19.5 Å². The second-order valence-electron chi connectivity index (χ2n) is 4.40. The van der Waals surface area contributed by atoms with E-state index in [2.05, 4.69) is 15.6 Å². The van der Waals surface area contributed by atoms with Crippen molar-refractivity contribution in [3.63, 3.8) is 0 Å². The average Bonchev–Trinajstić information content (AvgIpc) is 2.73. The number of para-hydroxylation sites is 2. The van der Waals surface area contributed by atoms with Crippen LogP contribution in [-0.2, 0) is 13.6 Å². The fraction of sp³-hybridized carbons (Fsp3) is 0.385. The predicted molar refractivity (Wildman–Crippen MR) is 70.5 cm³/mol. The van der Waals surface area contributed by atoms with E-state index in [9.17, 15) is 0 Å². The molecule has 0 aliphatic rings. The van der Waals surface area contributed by atoms with Crippen LogP contribution >= 0.6 is 0 Å². The molecule has 18 heavy (non-hydrogen) atoms. The number of rotatable bonds is 5. The summed E-state index contributed by atoms with van der Waals surface area (Å²) in [6, 6.07) is 7.89. The number of hydrogen-bond donors (Lipinski definition) is 1. The molecule has 0 atom stereocenters. The Balaban J connectivity index is 2.04. The van der Waals surface area contributed by atoms with Crippen molar-refractivity contribution in [1.29, 1.82) is 0 Å². The monoisotopic (exact) mass is 246 g/mol. The summed E-state index contributed by atoms with van der Waals surface area (Å²) >= 11 is 0. The Kier molecular flexibility index (Phi) is 3.82. The maximum Gasteiger partial charge on any atom is 0.142 e. The van der Waals surface area contributed by atoms with E-state index in [-0.39, 0.29) is 6.10 Å². The first-order chi connectivity index (χ1) is 8.65. The molecule has 0 aliphatic heterocycles. The minimum atomic E-state index is 0.157. The molecule has 96 valence electrons. The molecule has 5 nitrogen and oxygen atoms in total. The molecule has 5 heteroatoms. The van der Waals surface area contributed by atoms with Crippen LogP contribution in [0.3, 0.4) is 0 Å². The molecule has 0 aliphatic carbocycles. The van der Waals surface area contributed by atoms with Crippen molar-refractivity contribution in [2.24, 2.45) is 7.05 Å². The fourth-order valence-corrected chi connectivity index (χ4v) is 1.63. The van der Waals surface area contributed by atoms with Gasteiger partial charge in [0.15, 0.2) is 0 Å². The summed E-state index contributed by atoms with van der Waals surface area (Å²) in [7, 11) is 1.85. The second-order valence-corrected chi connectivity index (χ2v) is 4.40. The van der Waals surface area contributed by atoms with E-state index >= 15 is 0 Å². The van der Waals surface area contributed by atoms with Gasteiger partial charge in [0.2, 0.25) is 0 Å². The zero-order valence-electron chi connectivity index (χ0n) is 10.9. The van der Waals surface area contributed by atoms with Gasteiger partial charge >= 0.3 is 0 Å². The van der Waals surface area contributed by atoms with Crippen LogP contribution in [0.25, 0.3) is 0 Å². The molecule has 0 saturated heterocycles. The summed E-state index contributed by atoms with van der Waals surface area (Å²) in [4.78, 5) is 0. The minimum Gasteiger partial charge on any atom is -0.489 e. The molecule has 2 aromatic rings. The Morgan fingerprint density at radius 3 is 2.78 bits per heavy atom. The Bertz CT molecular complexity index is 507. The Morgan fingerprint density at radius 2 is 2.11 bits per heavy atom. The summed E-state index contributed by atoms with van der Waals surface area (Å²) < 4.78 is 7.42. The van der Waals surface area contributed by atoms with Gasteiger partial charge in [0.05, 0.1) is 18.3 Å². The van der Waals surface area contributed by atoms with Crippen molar-refractivity contribution < 1.29 is 4.74 Å². The van der Waals surface area contributed by atoms with E-state index in [1.54, 1.807) is 4.68 Å². The highest BCUT2D eigenvalue weighted by Crippen LogP contribution is 2.25. The van der Waals surface area contributed by atoms with Crippen molar-refractivity contribution in [3.05, 3.63) is 36.2 Å². The third-order valence-corrected chi connectivity index (χ3v) is 2.36. The van der Waals surface area contributed by atoms with Gasteiger partial charge in [-0.25, -0.2) is 0 Å². The summed E-state index contributed by atoms with van der Waals surface area (Å²) in [5.41, 5.74) is 1.87. The number of nitrogens with one attached hydrogen (secondary N) is 1. The molecule has 0 fully saturated rings. The number of aryl methyl sites for hydroxylation is 1. The molecule has 1 aromatic heterocycles. The lowest BCUT2D eigenvalue weighted by molar-refractivity contribution is 0.243. The first-order valence-electron chi connectivity index (χ1n) is 6.00. The van der Waals surface area contributed by atoms with E-state index in [4.69, 9.17) is 4.74 Å². The van der Waals surface area contributed by atoms with E-state index < -0.39 is 0 Å². The molecule has 0 spiro atoms. The number of benzene rings is 1. The Morgan fingerprint density at radius 1 is 1.33 bits per heavy atom. The van der Waals surface area contributed by atoms with Crippen LogP contribution in [0.15, 0.2) is 30.5 Å². The van der Waals surface area contributed by atoms with Crippen molar-refractivity contribution in [3.8, 4) is 5.75 Å². The molecule has 2 rings (SSSR count). The number of ether oxygens (including phenoxy) is 1. The average molecular weight is 246 g/mol. The van der Waals surface area contributed by atoms with E-state index in [1.807, 2.05) is 51.4 Å². The molecule has 0 amide bonds. The summed E-state index contributed by atoms with van der Waals surface area (Å²) in [6.07, 6.45) is 2.04. The van der Waals surface area contributed by atoms with Crippen molar-refractivity contribution in [2.45, 2.75) is 26.5 Å². The smallest absolute Gasteiger partial charge is 0.142 e. The molecule has 0 unspecified atom stereocenters. The van der Waals surface area contributed by atoms with E-state index in [0.717, 1.165) is 17.1 Å². The minimum absolute atomic E-state index is 0.157. The quantitative estimate of drug-likeness (QED) is 0.878. The number of anilines is 1. The molecule has 0 bridgehead atoms. The molecule has 0 radical (unpaired) electrons. The second kappa shape index (κ2) is 5.53. The first-order valence-corrected chi connectivity index (χ1v) is 6.00. The maximum atomic E-state index is 5.74. The van der Waals surface area contributed by atoms with Gasteiger partial charge in [0.1, 0.15) is 11.4 Å². The number of aromatic nitrogens is 3. The predicted octanol–water partition coefficient (Wildman–Crippen LogP) is 2.21. The fourth-order valence-electron chi connectivity index (χ4n) is 1.63. The van der Waals surface area contributed by atoms with Crippen LogP contribution in [0, 0.1) is 0 Å². The van der Waals surface area contributed by atoms with Crippen molar-refractivity contribution in [2.75, 3.05) is 5.32 Å². The lowest BCUT2D eigenvalue weighted by atomic mass is 10.3. The number of nitrogens with zero attached hydrogens (tertiary/aromatic N) is 3. The zero-order chi connectivity index (χ0) is 13.0. The highest BCUT2D eigenvalue weighted by atomic mass is 16.5. The van der Waals surface area contributed by atoms with Crippen LogP contribution < -0.4 is 10.1 Å². The normalized spacial score (nSPS) is 10.7. The largest absolute Gasteiger partial charge is 0.489 e. The van der Waals surface area contributed by atoms with Gasteiger partial charge in [0.25, 0.3) is 0 Å². The van der Waals surface area contributed by atoms with Crippen LogP contribution in [0.4, 0.5) is 5.69 Å². The summed E-state index contributed by atoms with van der Waals surface area (Å²) in [5, 5.41) is 11.2. The van der Waals surface area contributed by atoms with Crippen LogP contribution in [0.5, 0.6) is 5.75 Å².